The second-order valence-electron chi connectivity index (χ2n) is 5.98. The lowest BCUT2D eigenvalue weighted by Gasteiger charge is -2.30. The Bertz CT molecular complexity index is 501. The summed E-state index contributed by atoms with van der Waals surface area (Å²) in [5.41, 5.74) is 1.14. The first-order valence-corrected chi connectivity index (χ1v) is 9.04. The predicted octanol–water partition coefficient (Wildman–Crippen LogP) is 2.01. The summed E-state index contributed by atoms with van der Waals surface area (Å²) in [6, 6.07) is 8.25. The lowest BCUT2D eigenvalue weighted by atomic mass is 9.95. The average molecular weight is 322 g/mol. The van der Waals surface area contributed by atoms with E-state index in [0.717, 1.165) is 30.2 Å². The van der Waals surface area contributed by atoms with Crippen LogP contribution in [0.5, 0.6) is 0 Å². The van der Waals surface area contributed by atoms with Crippen LogP contribution in [0.2, 0.25) is 0 Å². The Morgan fingerprint density at radius 2 is 2.05 bits per heavy atom. The van der Waals surface area contributed by atoms with E-state index in [2.05, 4.69) is 36.3 Å². The fourth-order valence-corrected chi connectivity index (χ4v) is 3.71. The molecule has 1 aliphatic heterocycles. The highest BCUT2D eigenvalue weighted by atomic mass is 32.2. The molecule has 5 heteroatoms. The topological polar surface area (TPSA) is 52.6 Å². The maximum Gasteiger partial charge on any atom is 0.252 e. The second-order valence-corrected chi connectivity index (χ2v) is 7.20. The van der Waals surface area contributed by atoms with Crippen LogP contribution in [0.4, 0.5) is 0 Å². The monoisotopic (exact) mass is 322 g/mol. The molecular weight excluding hydrogens is 296 g/mol. The number of carbonyl (C=O) groups is 1. The van der Waals surface area contributed by atoms with Gasteiger partial charge in [0.25, 0.3) is 5.91 Å². The van der Waals surface area contributed by atoms with Gasteiger partial charge < -0.3 is 15.3 Å². The highest BCUT2D eigenvalue weighted by molar-refractivity contribution is 7.99. The van der Waals surface area contributed by atoms with Crippen molar-refractivity contribution in [1.82, 2.24) is 10.2 Å². The Morgan fingerprint density at radius 3 is 2.73 bits per heavy atom. The van der Waals surface area contributed by atoms with Gasteiger partial charge in [-0.05, 0) is 49.1 Å². The Morgan fingerprint density at radius 1 is 1.36 bits per heavy atom. The lowest BCUT2D eigenvalue weighted by Crippen LogP contribution is -2.48. The van der Waals surface area contributed by atoms with Gasteiger partial charge in [0.05, 0.1) is 0 Å². The van der Waals surface area contributed by atoms with Crippen LogP contribution in [-0.4, -0.2) is 46.6 Å². The standard InChI is InChI=1S/C17H26N2O2S/c1-3-19(2)13-15-6-4-5-14(11-15)12-18-16(20)17(21)7-9-22-10-8-17/h4-6,11,21H,3,7-10,12-13H2,1-2H3,(H,18,20). The van der Waals surface area contributed by atoms with Crippen LogP contribution >= 0.6 is 11.8 Å². The summed E-state index contributed by atoms with van der Waals surface area (Å²) in [7, 11) is 2.09. The Hall–Kier alpha value is -1.04. The van der Waals surface area contributed by atoms with Crippen LogP contribution in [0, 0.1) is 0 Å². The van der Waals surface area contributed by atoms with Crippen molar-refractivity contribution in [3.63, 3.8) is 0 Å². The quantitative estimate of drug-likeness (QED) is 0.841. The molecule has 0 aliphatic carbocycles. The number of hydrogen-bond donors (Lipinski definition) is 2. The number of nitrogens with one attached hydrogen (secondary N) is 1. The van der Waals surface area contributed by atoms with E-state index in [0.29, 0.717) is 19.4 Å². The maximum atomic E-state index is 12.2. The van der Waals surface area contributed by atoms with Gasteiger partial charge in [-0.1, -0.05) is 31.2 Å². The molecule has 1 amide bonds. The predicted molar refractivity (Wildman–Crippen MR) is 91.8 cm³/mol. The summed E-state index contributed by atoms with van der Waals surface area (Å²) in [5.74, 6) is 1.47. The molecule has 1 heterocycles. The van der Waals surface area contributed by atoms with E-state index in [1.165, 1.54) is 5.56 Å². The zero-order valence-corrected chi connectivity index (χ0v) is 14.3. The molecule has 0 saturated carbocycles. The Balaban J connectivity index is 1.91. The minimum absolute atomic E-state index is 0.233. The van der Waals surface area contributed by atoms with Crippen LogP contribution in [0.3, 0.4) is 0 Å². The molecule has 2 rings (SSSR count). The number of aliphatic hydroxyl groups is 1. The highest BCUT2D eigenvalue weighted by Crippen LogP contribution is 2.27. The zero-order valence-electron chi connectivity index (χ0n) is 13.5. The van der Waals surface area contributed by atoms with Crippen LogP contribution in [0.1, 0.15) is 30.9 Å². The summed E-state index contributed by atoms with van der Waals surface area (Å²) in [4.78, 5) is 14.5. The first kappa shape index (κ1) is 17.3. The van der Waals surface area contributed by atoms with Crippen molar-refractivity contribution >= 4 is 17.7 Å². The normalized spacial score (nSPS) is 17.5. The van der Waals surface area contributed by atoms with E-state index in [1.807, 2.05) is 12.1 Å². The van der Waals surface area contributed by atoms with Crippen molar-refractivity contribution in [2.24, 2.45) is 0 Å². The van der Waals surface area contributed by atoms with Gasteiger partial charge in [-0.2, -0.15) is 11.8 Å². The number of hydrogen-bond acceptors (Lipinski definition) is 4. The number of benzene rings is 1. The third-order valence-electron chi connectivity index (χ3n) is 4.18. The van der Waals surface area contributed by atoms with Crippen LogP contribution in [0.15, 0.2) is 24.3 Å². The molecule has 22 heavy (non-hydrogen) atoms. The molecule has 0 bridgehead atoms. The molecule has 0 radical (unpaired) electrons. The second kappa shape index (κ2) is 7.99. The fourth-order valence-electron chi connectivity index (χ4n) is 2.54. The number of nitrogens with zero attached hydrogens (tertiary/aromatic N) is 1. The molecular formula is C17H26N2O2S. The Kier molecular flexibility index (Phi) is 6.29. The summed E-state index contributed by atoms with van der Waals surface area (Å²) in [5, 5.41) is 13.3. The maximum absolute atomic E-state index is 12.2. The SMILES string of the molecule is CCN(C)Cc1cccc(CNC(=O)C2(O)CCSCC2)c1. The van der Waals surface area contributed by atoms with Crippen LogP contribution in [0.25, 0.3) is 0 Å². The lowest BCUT2D eigenvalue weighted by molar-refractivity contribution is -0.140. The van der Waals surface area contributed by atoms with E-state index in [-0.39, 0.29) is 5.91 Å². The summed E-state index contributed by atoms with van der Waals surface area (Å²) < 4.78 is 0. The van der Waals surface area contributed by atoms with E-state index < -0.39 is 5.60 Å². The number of rotatable bonds is 6. The molecule has 1 saturated heterocycles. The van der Waals surface area contributed by atoms with Crippen molar-refractivity contribution < 1.29 is 9.90 Å². The minimum Gasteiger partial charge on any atom is -0.380 e. The summed E-state index contributed by atoms with van der Waals surface area (Å²) in [6.07, 6.45) is 1.09. The molecule has 1 fully saturated rings. The minimum atomic E-state index is -1.18. The van der Waals surface area contributed by atoms with Gasteiger partial charge >= 0.3 is 0 Å². The summed E-state index contributed by atoms with van der Waals surface area (Å²) in [6.45, 7) is 4.51. The third kappa shape index (κ3) is 4.73. The molecule has 0 aromatic heterocycles. The van der Waals surface area contributed by atoms with Gasteiger partial charge in [-0.25, -0.2) is 0 Å². The van der Waals surface area contributed by atoms with Gasteiger partial charge in [0, 0.05) is 13.1 Å². The smallest absolute Gasteiger partial charge is 0.252 e. The van der Waals surface area contributed by atoms with E-state index >= 15 is 0 Å². The molecule has 1 aromatic carbocycles. The van der Waals surface area contributed by atoms with Crippen molar-refractivity contribution in [3.05, 3.63) is 35.4 Å². The molecule has 1 aromatic rings. The van der Waals surface area contributed by atoms with Crippen molar-refractivity contribution in [3.8, 4) is 0 Å². The van der Waals surface area contributed by atoms with Gasteiger partial charge in [0.15, 0.2) is 0 Å². The van der Waals surface area contributed by atoms with Crippen molar-refractivity contribution in [2.45, 2.75) is 38.5 Å². The molecule has 2 N–H and O–H groups in total. The molecule has 0 spiro atoms. The number of thioether (sulfide) groups is 1. The number of amides is 1. The molecule has 1 aliphatic rings. The van der Waals surface area contributed by atoms with Gasteiger partial charge in [0.1, 0.15) is 5.60 Å². The van der Waals surface area contributed by atoms with Crippen LogP contribution in [-0.2, 0) is 17.9 Å². The zero-order chi connectivity index (χ0) is 16.0. The van der Waals surface area contributed by atoms with Crippen molar-refractivity contribution in [2.75, 3.05) is 25.1 Å². The Labute approximate surface area is 137 Å². The largest absolute Gasteiger partial charge is 0.380 e. The van der Waals surface area contributed by atoms with Crippen molar-refractivity contribution in [1.29, 1.82) is 0 Å². The highest BCUT2D eigenvalue weighted by Gasteiger charge is 2.37. The third-order valence-corrected chi connectivity index (χ3v) is 5.17. The first-order valence-electron chi connectivity index (χ1n) is 7.88. The van der Waals surface area contributed by atoms with E-state index in [9.17, 15) is 9.90 Å². The average Bonchev–Trinajstić information content (AvgIpc) is 2.53. The van der Waals surface area contributed by atoms with E-state index in [1.54, 1.807) is 11.8 Å². The molecule has 0 unspecified atom stereocenters. The van der Waals surface area contributed by atoms with E-state index in [4.69, 9.17) is 0 Å². The van der Waals surface area contributed by atoms with Gasteiger partial charge in [-0.15, -0.1) is 0 Å². The molecule has 4 nitrogen and oxygen atoms in total. The number of carbonyl (C=O) groups excluding carboxylic acids is 1. The molecule has 122 valence electrons. The molecule has 0 atom stereocenters. The summed E-state index contributed by atoms with van der Waals surface area (Å²) >= 11 is 1.79. The van der Waals surface area contributed by atoms with Gasteiger partial charge in [0.2, 0.25) is 0 Å². The van der Waals surface area contributed by atoms with Crippen LogP contribution < -0.4 is 5.32 Å². The first-order chi connectivity index (χ1) is 10.5. The van der Waals surface area contributed by atoms with Gasteiger partial charge in [-0.3, -0.25) is 4.79 Å². The fraction of sp³-hybridized carbons (Fsp3) is 0.588.